The van der Waals surface area contributed by atoms with Crippen molar-refractivity contribution < 1.29 is 13.9 Å². The van der Waals surface area contributed by atoms with Gasteiger partial charge in [-0.25, -0.2) is 4.39 Å². The number of carbonyl (C=O) groups is 1. The molecule has 3 rings (SSSR count). The molecule has 0 aliphatic carbocycles. The van der Waals surface area contributed by atoms with E-state index in [9.17, 15) is 9.18 Å². The summed E-state index contributed by atoms with van der Waals surface area (Å²) in [6, 6.07) is 4.51. The SMILES string of the molecule is C[C@@H](C(=O)N1CCCC1)N1CCO[C@H](c2ccc(F)c(Cl)c2)C1. The molecule has 2 aliphatic heterocycles. The van der Waals surface area contributed by atoms with Gasteiger partial charge in [0.25, 0.3) is 0 Å². The molecule has 2 atom stereocenters. The van der Waals surface area contributed by atoms with Crippen LogP contribution < -0.4 is 0 Å². The number of likely N-dealkylation sites (tertiary alicyclic amines) is 1. The Morgan fingerprint density at radius 1 is 1.35 bits per heavy atom. The van der Waals surface area contributed by atoms with Crippen molar-refractivity contribution in [1.82, 2.24) is 9.80 Å². The van der Waals surface area contributed by atoms with Gasteiger partial charge >= 0.3 is 0 Å². The predicted octanol–water partition coefficient (Wildman–Crippen LogP) is 2.86. The second kappa shape index (κ2) is 7.16. The molecule has 1 aromatic rings. The van der Waals surface area contributed by atoms with Crippen LogP contribution in [-0.4, -0.2) is 54.5 Å². The first-order chi connectivity index (χ1) is 11.1. The summed E-state index contributed by atoms with van der Waals surface area (Å²) >= 11 is 5.86. The normalized spacial score (nSPS) is 24.0. The van der Waals surface area contributed by atoms with Gasteiger partial charge in [-0.15, -0.1) is 0 Å². The molecule has 1 amide bonds. The van der Waals surface area contributed by atoms with Crippen molar-refractivity contribution in [3.05, 3.63) is 34.6 Å². The maximum absolute atomic E-state index is 13.3. The molecular weight excluding hydrogens is 319 g/mol. The van der Waals surface area contributed by atoms with Gasteiger partial charge in [-0.3, -0.25) is 9.69 Å². The van der Waals surface area contributed by atoms with Gasteiger partial charge in [0.1, 0.15) is 5.82 Å². The first kappa shape index (κ1) is 16.7. The van der Waals surface area contributed by atoms with Gasteiger partial charge in [0.2, 0.25) is 5.91 Å². The van der Waals surface area contributed by atoms with Crippen LogP contribution in [0.3, 0.4) is 0 Å². The van der Waals surface area contributed by atoms with E-state index in [0.717, 1.165) is 38.0 Å². The van der Waals surface area contributed by atoms with Crippen LogP contribution >= 0.6 is 11.6 Å². The molecule has 23 heavy (non-hydrogen) atoms. The van der Waals surface area contributed by atoms with Crippen LogP contribution in [0, 0.1) is 5.82 Å². The summed E-state index contributed by atoms with van der Waals surface area (Å²) in [5.74, 6) is -0.235. The molecule has 2 saturated heterocycles. The Bertz CT molecular complexity index is 578. The van der Waals surface area contributed by atoms with E-state index < -0.39 is 5.82 Å². The molecule has 0 saturated carbocycles. The molecule has 0 radical (unpaired) electrons. The van der Waals surface area contributed by atoms with E-state index in [1.54, 1.807) is 12.1 Å². The zero-order chi connectivity index (χ0) is 16.4. The van der Waals surface area contributed by atoms with Crippen molar-refractivity contribution in [3.8, 4) is 0 Å². The van der Waals surface area contributed by atoms with E-state index >= 15 is 0 Å². The van der Waals surface area contributed by atoms with Crippen LogP contribution in [-0.2, 0) is 9.53 Å². The number of morpholine rings is 1. The number of carbonyl (C=O) groups excluding carboxylic acids is 1. The van der Waals surface area contributed by atoms with Gasteiger partial charge in [-0.05, 0) is 37.5 Å². The first-order valence-corrected chi connectivity index (χ1v) is 8.53. The number of halogens is 2. The molecule has 0 bridgehead atoms. The van der Waals surface area contributed by atoms with E-state index in [-0.39, 0.29) is 23.1 Å². The van der Waals surface area contributed by atoms with E-state index in [0.29, 0.717) is 13.2 Å². The highest BCUT2D eigenvalue weighted by Crippen LogP contribution is 2.27. The van der Waals surface area contributed by atoms with Crippen LogP contribution in [0.4, 0.5) is 4.39 Å². The highest BCUT2D eigenvalue weighted by Gasteiger charge is 2.32. The van der Waals surface area contributed by atoms with Gasteiger partial charge in [0.15, 0.2) is 0 Å². The molecule has 2 heterocycles. The molecule has 2 aliphatic rings. The second-order valence-corrected chi connectivity index (χ2v) is 6.64. The van der Waals surface area contributed by atoms with Crippen molar-refractivity contribution in [1.29, 1.82) is 0 Å². The lowest BCUT2D eigenvalue weighted by Gasteiger charge is -2.37. The minimum Gasteiger partial charge on any atom is -0.371 e. The topological polar surface area (TPSA) is 32.8 Å². The van der Waals surface area contributed by atoms with Gasteiger partial charge in [-0.1, -0.05) is 17.7 Å². The lowest BCUT2D eigenvalue weighted by atomic mass is 10.1. The summed E-state index contributed by atoms with van der Waals surface area (Å²) in [5, 5.41) is 0.101. The number of benzene rings is 1. The molecule has 4 nitrogen and oxygen atoms in total. The highest BCUT2D eigenvalue weighted by atomic mass is 35.5. The minimum atomic E-state index is -0.430. The van der Waals surface area contributed by atoms with E-state index in [2.05, 4.69) is 4.90 Å². The summed E-state index contributed by atoms with van der Waals surface area (Å²) in [6.45, 7) is 5.59. The van der Waals surface area contributed by atoms with Gasteiger partial charge in [0, 0.05) is 26.2 Å². The molecule has 0 aromatic heterocycles. The van der Waals surface area contributed by atoms with Gasteiger partial charge < -0.3 is 9.64 Å². The fourth-order valence-corrected chi connectivity index (χ4v) is 3.48. The molecule has 0 unspecified atom stereocenters. The van der Waals surface area contributed by atoms with Crippen molar-refractivity contribution in [2.45, 2.75) is 31.9 Å². The van der Waals surface area contributed by atoms with Crippen LogP contribution in [0.25, 0.3) is 0 Å². The van der Waals surface area contributed by atoms with Crippen molar-refractivity contribution in [3.63, 3.8) is 0 Å². The molecule has 1 aromatic carbocycles. The molecule has 2 fully saturated rings. The van der Waals surface area contributed by atoms with E-state index in [1.165, 1.54) is 6.07 Å². The third-order valence-corrected chi connectivity index (χ3v) is 5.03. The molecule has 0 N–H and O–H groups in total. The second-order valence-electron chi connectivity index (χ2n) is 6.24. The molecular formula is C17H22ClFN2O2. The third-order valence-electron chi connectivity index (χ3n) is 4.74. The fourth-order valence-electron chi connectivity index (χ4n) is 3.29. The number of amides is 1. The Balaban J connectivity index is 1.67. The third kappa shape index (κ3) is 3.67. The number of ether oxygens (including phenoxy) is 1. The molecule has 6 heteroatoms. The van der Waals surface area contributed by atoms with Crippen LogP contribution in [0.5, 0.6) is 0 Å². The highest BCUT2D eigenvalue weighted by molar-refractivity contribution is 6.30. The Morgan fingerprint density at radius 2 is 2.09 bits per heavy atom. The smallest absolute Gasteiger partial charge is 0.239 e. The average Bonchev–Trinajstić information content (AvgIpc) is 3.10. The standard InChI is InChI=1S/C17H22ClFN2O2/c1-12(17(22)20-6-2-3-7-20)21-8-9-23-16(11-21)13-4-5-15(19)14(18)10-13/h4-5,10,12,16H,2-3,6-9,11H2,1H3/t12-,16-/m0/s1. The lowest BCUT2D eigenvalue weighted by Crippen LogP contribution is -2.50. The summed E-state index contributed by atoms with van der Waals surface area (Å²) in [7, 11) is 0. The quantitative estimate of drug-likeness (QED) is 0.848. The summed E-state index contributed by atoms with van der Waals surface area (Å²) in [6.07, 6.45) is 2.01. The summed E-state index contributed by atoms with van der Waals surface area (Å²) in [5.41, 5.74) is 0.849. The number of rotatable bonds is 3. The summed E-state index contributed by atoms with van der Waals surface area (Å²) in [4.78, 5) is 16.7. The summed E-state index contributed by atoms with van der Waals surface area (Å²) < 4.78 is 19.1. The zero-order valence-corrected chi connectivity index (χ0v) is 14.1. The largest absolute Gasteiger partial charge is 0.371 e. The Labute approximate surface area is 141 Å². The van der Waals surface area contributed by atoms with Crippen LogP contribution in [0.15, 0.2) is 18.2 Å². The number of hydrogen-bond donors (Lipinski definition) is 0. The maximum Gasteiger partial charge on any atom is 0.239 e. The Hall–Kier alpha value is -1.17. The van der Waals surface area contributed by atoms with Crippen LogP contribution in [0.1, 0.15) is 31.4 Å². The monoisotopic (exact) mass is 340 g/mol. The molecule has 0 spiro atoms. The zero-order valence-electron chi connectivity index (χ0n) is 13.3. The molecule has 126 valence electrons. The average molecular weight is 341 g/mol. The maximum atomic E-state index is 13.3. The number of hydrogen-bond acceptors (Lipinski definition) is 3. The van der Waals surface area contributed by atoms with Crippen molar-refractivity contribution in [2.24, 2.45) is 0 Å². The minimum absolute atomic E-state index is 0.101. The van der Waals surface area contributed by atoms with Crippen molar-refractivity contribution >= 4 is 17.5 Å². The lowest BCUT2D eigenvalue weighted by molar-refractivity contribution is -0.138. The first-order valence-electron chi connectivity index (χ1n) is 8.15. The van der Waals surface area contributed by atoms with Crippen molar-refractivity contribution in [2.75, 3.05) is 32.8 Å². The van der Waals surface area contributed by atoms with Gasteiger partial charge in [-0.2, -0.15) is 0 Å². The van der Waals surface area contributed by atoms with E-state index in [1.807, 2.05) is 11.8 Å². The Morgan fingerprint density at radius 3 is 2.78 bits per heavy atom. The number of nitrogens with zero attached hydrogens (tertiary/aromatic N) is 2. The van der Waals surface area contributed by atoms with E-state index in [4.69, 9.17) is 16.3 Å². The Kier molecular flexibility index (Phi) is 5.19. The van der Waals surface area contributed by atoms with Gasteiger partial charge in [0.05, 0.1) is 23.8 Å². The predicted molar refractivity (Wildman–Crippen MR) is 87.0 cm³/mol. The van der Waals surface area contributed by atoms with Crippen LogP contribution in [0.2, 0.25) is 5.02 Å². The fraction of sp³-hybridized carbons (Fsp3) is 0.588.